The molecule has 30 heavy (non-hydrogen) atoms. The minimum atomic E-state index is 0.277. The average molecular weight is 439 g/mol. The number of nitrogen functional groups attached to an aromatic ring is 1. The summed E-state index contributed by atoms with van der Waals surface area (Å²) >= 11 is 7.67. The number of hydrogen-bond donors (Lipinski definition) is 2. The molecule has 0 aliphatic heterocycles. The van der Waals surface area contributed by atoms with Gasteiger partial charge < -0.3 is 15.8 Å². The van der Waals surface area contributed by atoms with Crippen LogP contribution in [0.2, 0.25) is 5.02 Å². The summed E-state index contributed by atoms with van der Waals surface area (Å²) < 4.78 is 7.65. The lowest BCUT2D eigenvalue weighted by molar-refractivity contribution is 0.305. The van der Waals surface area contributed by atoms with Crippen LogP contribution in [0.1, 0.15) is 5.01 Å². The molecule has 5 rings (SSSR count). The number of anilines is 2. The summed E-state index contributed by atoms with van der Waals surface area (Å²) in [6.45, 7) is 0.277. The van der Waals surface area contributed by atoms with Gasteiger partial charge in [0.1, 0.15) is 30.3 Å². The Morgan fingerprint density at radius 1 is 1.20 bits per heavy atom. The molecule has 5 aromatic rings. The van der Waals surface area contributed by atoms with Gasteiger partial charge in [-0.2, -0.15) is 0 Å². The number of nitrogens with zero attached hydrogens (tertiary/aromatic N) is 6. The van der Waals surface area contributed by atoms with Crippen LogP contribution in [0.15, 0.2) is 42.9 Å². The topological polar surface area (TPSA) is 117 Å². The Balaban J connectivity index is 1.38. The maximum atomic E-state index is 6.29. The number of nitrogens with one attached hydrogen (secondary N) is 1. The van der Waals surface area contributed by atoms with Crippen molar-refractivity contribution in [3.05, 3.63) is 52.9 Å². The van der Waals surface area contributed by atoms with Crippen molar-refractivity contribution < 1.29 is 4.74 Å². The third-order valence-corrected chi connectivity index (χ3v) is 5.69. The highest BCUT2D eigenvalue weighted by molar-refractivity contribution is 7.13. The van der Waals surface area contributed by atoms with Crippen LogP contribution in [0.4, 0.5) is 11.6 Å². The van der Waals surface area contributed by atoms with Crippen LogP contribution in [0.3, 0.4) is 0 Å². The van der Waals surface area contributed by atoms with E-state index in [1.54, 1.807) is 10.8 Å². The molecule has 0 unspecified atom stereocenters. The highest BCUT2D eigenvalue weighted by Gasteiger charge is 2.16. The lowest BCUT2D eigenvalue weighted by Gasteiger charge is -2.06. The second-order valence-corrected chi connectivity index (χ2v) is 7.82. The van der Waals surface area contributed by atoms with Crippen LogP contribution in [0.5, 0.6) is 5.75 Å². The minimum absolute atomic E-state index is 0.277. The van der Waals surface area contributed by atoms with Crippen molar-refractivity contribution in [2.75, 3.05) is 18.1 Å². The SMILES string of the molecule is CNc1ccc2ccc(OCc3nnc(-n4cc(Cl)c5c(N)ncnc54)s3)cc2n1. The first-order valence-corrected chi connectivity index (χ1v) is 10.1. The fraction of sp³-hybridized carbons (Fsp3) is 0.105. The molecule has 1 aromatic carbocycles. The van der Waals surface area contributed by atoms with Gasteiger partial charge in [0.15, 0.2) is 10.7 Å². The van der Waals surface area contributed by atoms with E-state index in [-0.39, 0.29) is 6.61 Å². The molecule has 4 aromatic heterocycles. The van der Waals surface area contributed by atoms with Crippen molar-refractivity contribution in [2.24, 2.45) is 0 Å². The van der Waals surface area contributed by atoms with Crippen molar-refractivity contribution in [1.29, 1.82) is 0 Å². The van der Waals surface area contributed by atoms with Crippen LogP contribution in [0, 0.1) is 0 Å². The second kappa shape index (κ2) is 7.39. The number of nitrogens with two attached hydrogens (primary N) is 1. The van der Waals surface area contributed by atoms with Gasteiger partial charge >= 0.3 is 0 Å². The summed E-state index contributed by atoms with van der Waals surface area (Å²) in [5.74, 6) is 1.83. The predicted molar refractivity (Wildman–Crippen MR) is 117 cm³/mol. The van der Waals surface area contributed by atoms with Crippen LogP contribution in [-0.2, 0) is 6.61 Å². The van der Waals surface area contributed by atoms with Crippen molar-refractivity contribution >= 4 is 56.5 Å². The van der Waals surface area contributed by atoms with E-state index < -0.39 is 0 Å². The lowest BCUT2D eigenvalue weighted by Crippen LogP contribution is -1.96. The predicted octanol–water partition coefficient (Wildman–Crippen LogP) is 3.68. The van der Waals surface area contributed by atoms with Gasteiger partial charge in [0.2, 0.25) is 5.13 Å². The molecule has 150 valence electrons. The number of ether oxygens (including phenoxy) is 1. The summed E-state index contributed by atoms with van der Waals surface area (Å²) in [5, 5.41) is 14.9. The van der Waals surface area contributed by atoms with Gasteiger partial charge in [-0.25, -0.2) is 15.0 Å². The van der Waals surface area contributed by atoms with E-state index >= 15 is 0 Å². The normalized spacial score (nSPS) is 11.3. The Kier molecular flexibility index (Phi) is 4.57. The summed E-state index contributed by atoms with van der Waals surface area (Å²) in [5.41, 5.74) is 7.34. The van der Waals surface area contributed by atoms with E-state index in [1.807, 2.05) is 37.4 Å². The number of hydrogen-bond acceptors (Lipinski definition) is 9. The number of aromatic nitrogens is 6. The number of benzene rings is 1. The Labute approximate surface area is 179 Å². The number of rotatable bonds is 5. The molecule has 4 heterocycles. The highest BCUT2D eigenvalue weighted by atomic mass is 35.5. The van der Waals surface area contributed by atoms with Gasteiger partial charge in [-0.15, -0.1) is 10.2 Å². The van der Waals surface area contributed by atoms with Crippen molar-refractivity contribution in [3.63, 3.8) is 0 Å². The molecule has 0 spiro atoms. The minimum Gasteiger partial charge on any atom is -0.486 e. The van der Waals surface area contributed by atoms with E-state index in [4.69, 9.17) is 22.1 Å². The first kappa shape index (κ1) is 18.5. The van der Waals surface area contributed by atoms with Crippen molar-refractivity contribution in [1.82, 2.24) is 29.7 Å². The average Bonchev–Trinajstić information content (AvgIpc) is 3.36. The molecule has 0 bridgehead atoms. The Morgan fingerprint density at radius 2 is 2.07 bits per heavy atom. The second-order valence-electron chi connectivity index (χ2n) is 6.37. The third-order valence-electron chi connectivity index (χ3n) is 4.51. The summed E-state index contributed by atoms with van der Waals surface area (Å²) in [6, 6.07) is 9.72. The van der Waals surface area contributed by atoms with Crippen LogP contribution in [-0.4, -0.2) is 36.8 Å². The molecule has 0 saturated carbocycles. The number of pyridine rings is 1. The first-order valence-electron chi connectivity index (χ1n) is 8.93. The molecule has 0 fully saturated rings. The standard InChI is InChI=1S/C19H15ClN8OS/c1-22-14-5-3-10-2-4-11(6-13(10)25-14)29-8-15-26-27-19(30-15)28-7-12(20)16-17(21)23-9-24-18(16)28/h2-7,9H,8H2,1H3,(H,22,25)(H2,21,23,24). The zero-order valence-electron chi connectivity index (χ0n) is 15.7. The molecule has 0 saturated heterocycles. The summed E-state index contributed by atoms with van der Waals surface area (Å²) in [6.07, 6.45) is 3.10. The molecular formula is C19H15ClN8OS. The smallest absolute Gasteiger partial charge is 0.218 e. The van der Waals surface area contributed by atoms with Crippen LogP contribution in [0.25, 0.3) is 27.1 Å². The quantitative estimate of drug-likeness (QED) is 0.426. The molecule has 0 radical (unpaired) electrons. The monoisotopic (exact) mass is 438 g/mol. The largest absolute Gasteiger partial charge is 0.486 e. The number of fused-ring (bicyclic) bond motifs is 2. The van der Waals surface area contributed by atoms with Gasteiger partial charge in [-0.1, -0.05) is 22.9 Å². The maximum Gasteiger partial charge on any atom is 0.218 e. The first-order chi connectivity index (χ1) is 14.6. The van der Waals surface area contributed by atoms with Crippen LogP contribution >= 0.6 is 22.9 Å². The van der Waals surface area contributed by atoms with Gasteiger partial charge in [0.25, 0.3) is 0 Å². The molecule has 0 atom stereocenters. The maximum absolute atomic E-state index is 6.29. The molecule has 0 amide bonds. The highest BCUT2D eigenvalue weighted by Crippen LogP contribution is 2.31. The zero-order chi connectivity index (χ0) is 20.7. The Bertz CT molecular complexity index is 1380. The van der Waals surface area contributed by atoms with Gasteiger partial charge in [0, 0.05) is 24.7 Å². The van der Waals surface area contributed by atoms with E-state index in [1.165, 1.54) is 17.7 Å². The summed E-state index contributed by atoms with van der Waals surface area (Å²) in [7, 11) is 1.84. The molecule has 9 nitrogen and oxygen atoms in total. The van der Waals surface area contributed by atoms with E-state index in [0.717, 1.165) is 16.7 Å². The van der Waals surface area contributed by atoms with Gasteiger partial charge in [0.05, 0.1) is 15.9 Å². The van der Waals surface area contributed by atoms with Gasteiger partial charge in [-0.05, 0) is 24.3 Å². The molecule has 3 N–H and O–H groups in total. The van der Waals surface area contributed by atoms with Crippen molar-refractivity contribution in [2.45, 2.75) is 6.61 Å². The number of halogens is 1. The van der Waals surface area contributed by atoms with Gasteiger partial charge in [-0.3, -0.25) is 4.57 Å². The lowest BCUT2D eigenvalue weighted by atomic mass is 10.2. The van der Waals surface area contributed by atoms with Crippen LogP contribution < -0.4 is 15.8 Å². The molecule has 0 aliphatic rings. The Morgan fingerprint density at radius 3 is 2.93 bits per heavy atom. The zero-order valence-corrected chi connectivity index (χ0v) is 17.3. The van der Waals surface area contributed by atoms with E-state index in [9.17, 15) is 0 Å². The van der Waals surface area contributed by atoms with E-state index in [2.05, 4.69) is 30.5 Å². The van der Waals surface area contributed by atoms with Crippen molar-refractivity contribution in [3.8, 4) is 10.9 Å². The molecule has 0 aliphatic carbocycles. The molecular weight excluding hydrogens is 424 g/mol. The fourth-order valence-corrected chi connectivity index (χ4v) is 4.07. The van der Waals surface area contributed by atoms with E-state index in [0.29, 0.717) is 37.8 Å². The molecule has 11 heteroatoms. The third kappa shape index (κ3) is 3.25. The summed E-state index contributed by atoms with van der Waals surface area (Å²) in [4.78, 5) is 12.8. The Hall–Kier alpha value is -3.50. The fourth-order valence-electron chi connectivity index (χ4n) is 3.06.